The van der Waals surface area contributed by atoms with Gasteiger partial charge in [0, 0.05) is 43.3 Å². The Hall–Kier alpha value is -3.70. The van der Waals surface area contributed by atoms with Crippen molar-refractivity contribution in [2.75, 3.05) is 0 Å². The van der Waals surface area contributed by atoms with Crippen LogP contribution in [0.15, 0.2) is 83.5 Å². The molecule has 4 aromatic heterocycles. The van der Waals surface area contributed by atoms with Crippen LogP contribution in [0.2, 0.25) is 0 Å². The maximum Gasteiger partial charge on any atom is 0.122 e. The average molecular weight is 774 g/mol. The van der Waals surface area contributed by atoms with Crippen LogP contribution in [0.4, 0.5) is 0 Å². The number of nitrogens with zero attached hydrogens (tertiary/aromatic N) is 3. The number of benzene rings is 3. The molecule has 0 atom stereocenters. The van der Waals surface area contributed by atoms with Gasteiger partial charge in [-0.1, -0.05) is 63.8 Å². The third kappa shape index (κ3) is 6.25. The number of fused-ring (bicyclic) bond motifs is 5. The number of hydrogen-bond acceptors (Lipinski definition) is 5. The fourth-order valence-corrected chi connectivity index (χ4v) is 6.37. The summed E-state index contributed by atoms with van der Waals surface area (Å²) >= 11 is 1.77. The molecule has 1 radical (unpaired) electrons. The zero-order valence-corrected chi connectivity index (χ0v) is 29.3. The first-order chi connectivity index (χ1) is 20.6. The van der Waals surface area contributed by atoms with Crippen molar-refractivity contribution in [2.24, 2.45) is 0 Å². The Kier molecular flexibility index (Phi) is 9.17. The maximum absolute atomic E-state index is 6.38. The Bertz CT molecular complexity index is 2050. The van der Waals surface area contributed by atoms with E-state index in [2.05, 4.69) is 82.9 Å². The normalized spacial score (nSPS) is 11.5. The van der Waals surface area contributed by atoms with Gasteiger partial charge in [-0.3, -0.25) is 0 Å². The van der Waals surface area contributed by atoms with E-state index in [1.807, 2.05) is 61.8 Å². The molecule has 44 heavy (non-hydrogen) atoms. The molecule has 0 unspecified atom stereocenters. The minimum absolute atomic E-state index is 0. The molecule has 7 aromatic rings. The van der Waals surface area contributed by atoms with Crippen molar-refractivity contribution in [3.63, 3.8) is 0 Å². The Morgan fingerprint density at radius 2 is 1.66 bits per heavy atom. The van der Waals surface area contributed by atoms with Crippen molar-refractivity contribution in [2.45, 2.75) is 59.8 Å². The van der Waals surface area contributed by atoms with Gasteiger partial charge in [0.2, 0.25) is 0 Å². The van der Waals surface area contributed by atoms with E-state index in [1.165, 1.54) is 21.4 Å². The Morgan fingerprint density at radius 3 is 2.34 bits per heavy atom. The van der Waals surface area contributed by atoms with Gasteiger partial charge >= 0.3 is 0 Å². The van der Waals surface area contributed by atoms with Crippen LogP contribution in [0.3, 0.4) is 0 Å². The van der Waals surface area contributed by atoms with Gasteiger partial charge in [-0.25, -0.2) is 4.98 Å². The number of pyridine rings is 2. The molecule has 0 saturated carbocycles. The van der Waals surface area contributed by atoms with Crippen molar-refractivity contribution in [1.29, 1.82) is 0 Å². The second kappa shape index (κ2) is 12.7. The zero-order chi connectivity index (χ0) is 30.3. The van der Waals surface area contributed by atoms with Gasteiger partial charge < -0.3 is 14.4 Å². The first-order valence-corrected chi connectivity index (χ1v) is 15.5. The first-order valence-electron chi connectivity index (χ1n) is 14.6. The van der Waals surface area contributed by atoms with E-state index in [-0.39, 0.29) is 25.5 Å². The van der Waals surface area contributed by atoms with Crippen LogP contribution in [0, 0.1) is 26.0 Å². The molecule has 225 valence electrons. The third-order valence-electron chi connectivity index (χ3n) is 7.51. The summed E-state index contributed by atoms with van der Waals surface area (Å²) in [5, 5.41) is 3.38. The molecule has 4 heterocycles. The van der Waals surface area contributed by atoms with E-state index in [4.69, 9.17) is 14.4 Å². The second-order valence-corrected chi connectivity index (χ2v) is 13.3. The summed E-state index contributed by atoms with van der Waals surface area (Å²) in [6.45, 7) is 15.2. The van der Waals surface area contributed by atoms with Crippen LogP contribution in [0.25, 0.3) is 54.7 Å². The summed E-state index contributed by atoms with van der Waals surface area (Å²) in [7, 11) is 0. The van der Waals surface area contributed by atoms with Crippen molar-refractivity contribution in [3.8, 4) is 22.5 Å². The predicted molar refractivity (Wildman–Crippen MR) is 180 cm³/mol. The zero-order valence-electron chi connectivity index (χ0n) is 26.1. The number of aromatic nitrogens is 3. The molecule has 0 amide bonds. The number of aryl methyl sites for hydroxylation is 2. The van der Waals surface area contributed by atoms with Crippen molar-refractivity contribution < 1.29 is 24.5 Å². The monoisotopic (exact) mass is 774 g/mol. The summed E-state index contributed by atoms with van der Waals surface area (Å²) in [6.07, 6.45) is 3.83. The third-order valence-corrected chi connectivity index (χ3v) is 9.03. The first kappa shape index (κ1) is 31.7. The molecular weight excluding hydrogens is 739 g/mol. The van der Waals surface area contributed by atoms with Gasteiger partial charge in [0.25, 0.3) is 0 Å². The van der Waals surface area contributed by atoms with E-state index < -0.39 is 0 Å². The van der Waals surface area contributed by atoms with Crippen molar-refractivity contribution >= 4 is 43.5 Å². The molecule has 7 rings (SSSR count). The van der Waals surface area contributed by atoms with Gasteiger partial charge in [-0.15, -0.1) is 65.4 Å². The summed E-state index contributed by atoms with van der Waals surface area (Å²) in [6, 6.07) is 28.8. The van der Waals surface area contributed by atoms with Crippen LogP contribution < -0.4 is 0 Å². The summed E-state index contributed by atoms with van der Waals surface area (Å²) in [4.78, 5) is 13.9. The summed E-state index contributed by atoms with van der Waals surface area (Å²) in [5.74, 6) is 0.439. The molecule has 0 aliphatic carbocycles. The molecule has 0 fully saturated rings. The molecule has 0 bridgehead atoms. The number of rotatable bonds is 3. The number of hydrogen-bond donors (Lipinski definition) is 0. The second-order valence-electron chi connectivity index (χ2n) is 12.3. The minimum Gasteiger partial charge on any atom is -0.501 e. The molecule has 0 spiro atoms. The van der Waals surface area contributed by atoms with Gasteiger partial charge in [-0.2, -0.15) is 0 Å². The Balaban J connectivity index is 0.000000230. The van der Waals surface area contributed by atoms with Crippen molar-refractivity contribution in [3.05, 3.63) is 113 Å². The number of furan rings is 1. The van der Waals surface area contributed by atoms with Gasteiger partial charge in [0.1, 0.15) is 5.58 Å². The molecule has 0 saturated heterocycles. The fraction of sp³-hybridized carbons (Fsp3) is 0.237. The molecule has 0 aliphatic rings. The summed E-state index contributed by atoms with van der Waals surface area (Å²) < 4.78 is 7.57. The van der Waals surface area contributed by atoms with E-state index in [1.54, 1.807) is 11.3 Å². The Labute approximate surface area is 277 Å². The van der Waals surface area contributed by atoms with E-state index in [9.17, 15) is 0 Å². The molecule has 6 heteroatoms. The predicted octanol–water partition coefficient (Wildman–Crippen LogP) is 10.6. The SMILES string of the molecule is Cc1ccc(-c2[c-]cccc2)nc1.Cc1cnc(-c2[c-]ccc3c2oc2ccc4nc(C(C)(C)C)sc4c23)cc1C(C)C.[Ir]. The van der Waals surface area contributed by atoms with Crippen LogP contribution >= 0.6 is 11.3 Å². The Morgan fingerprint density at radius 1 is 0.864 bits per heavy atom. The molecule has 0 N–H and O–H groups in total. The van der Waals surface area contributed by atoms with Crippen molar-refractivity contribution in [1.82, 2.24) is 15.0 Å². The van der Waals surface area contributed by atoms with Crippen LogP contribution in [0.1, 0.15) is 62.2 Å². The van der Waals surface area contributed by atoms with Crippen LogP contribution in [0.5, 0.6) is 0 Å². The van der Waals surface area contributed by atoms with Crippen LogP contribution in [-0.2, 0) is 25.5 Å². The van der Waals surface area contributed by atoms with E-state index >= 15 is 0 Å². The van der Waals surface area contributed by atoms with Crippen LogP contribution in [-0.4, -0.2) is 15.0 Å². The molecule has 0 aliphatic heterocycles. The molecule has 3 aromatic carbocycles. The molecular formula is C38H35IrN3OS-2. The largest absolute Gasteiger partial charge is 0.501 e. The van der Waals surface area contributed by atoms with Gasteiger partial charge in [-0.05, 0) is 60.0 Å². The average Bonchev–Trinajstić information content (AvgIpc) is 3.60. The van der Waals surface area contributed by atoms with Gasteiger partial charge in [0.15, 0.2) is 0 Å². The standard InChI is InChI=1S/C26H25N2OS.C12H10N.Ir/c1-14(2)18-12-20(27-13-15(18)3)16-8-7-9-17-22-21(29-23(16)17)11-10-19-24(22)30-25(28-19)26(4,5)6;1-10-7-8-12(13-9-10)11-5-3-2-4-6-11;/h7,9-14H,1-6H3;2-5,7-9H,1H3;/q2*-1;. The smallest absolute Gasteiger partial charge is 0.122 e. The van der Waals surface area contributed by atoms with E-state index in [0.29, 0.717) is 5.92 Å². The van der Waals surface area contributed by atoms with E-state index in [0.717, 1.165) is 55.0 Å². The fourth-order valence-electron chi connectivity index (χ4n) is 5.20. The topological polar surface area (TPSA) is 51.8 Å². The van der Waals surface area contributed by atoms with Gasteiger partial charge in [0.05, 0.1) is 20.8 Å². The maximum atomic E-state index is 6.38. The number of thiazole rings is 1. The summed E-state index contributed by atoms with van der Waals surface area (Å²) in [5.41, 5.74) is 10.3. The minimum atomic E-state index is 0. The molecule has 4 nitrogen and oxygen atoms in total. The quantitative estimate of drug-likeness (QED) is 0.168.